The van der Waals surface area contributed by atoms with Crippen molar-refractivity contribution in [2.75, 3.05) is 6.54 Å². The van der Waals surface area contributed by atoms with E-state index in [2.05, 4.69) is 10.0 Å². The van der Waals surface area contributed by atoms with E-state index in [0.29, 0.717) is 19.4 Å². The predicted molar refractivity (Wildman–Crippen MR) is 60.5 cm³/mol. The monoisotopic (exact) mass is 230 g/mol. The third kappa shape index (κ3) is 2.11. The van der Waals surface area contributed by atoms with Crippen molar-refractivity contribution >= 4 is 17.5 Å². The van der Waals surface area contributed by atoms with Crippen molar-refractivity contribution in [1.82, 2.24) is 4.90 Å². The van der Waals surface area contributed by atoms with Crippen LogP contribution in [0.2, 0.25) is 0 Å². The number of carbonyl (C=O) groups is 2. The van der Waals surface area contributed by atoms with Crippen LogP contribution in [0.25, 0.3) is 10.4 Å². The number of carbonyl (C=O) groups excluding carboxylic acids is 2. The topological polar surface area (TPSA) is 86.1 Å². The summed E-state index contributed by atoms with van der Waals surface area (Å²) in [4.78, 5) is 27.4. The molecule has 1 aliphatic rings. The van der Waals surface area contributed by atoms with E-state index in [-0.39, 0.29) is 17.2 Å². The van der Waals surface area contributed by atoms with Gasteiger partial charge in [0, 0.05) is 23.4 Å². The van der Waals surface area contributed by atoms with E-state index in [1.165, 1.54) is 4.90 Å². The molecule has 0 spiro atoms. The van der Waals surface area contributed by atoms with Crippen molar-refractivity contribution in [3.05, 3.63) is 40.3 Å². The molecule has 1 saturated heterocycles. The smallest absolute Gasteiger partial charge is 0.260 e. The first-order chi connectivity index (χ1) is 8.24. The number of hydrogen-bond acceptors (Lipinski definition) is 3. The summed E-state index contributed by atoms with van der Waals surface area (Å²) in [6, 6.07) is 6.45. The van der Waals surface area contributed by atoms with Gasteiger partial charge in [-0.3, -0.25) is 14.5 Å². The molecule has 17 heavy (non-hydrogen) atoms. The van der Waals surface area contributed by atoms with Crippen molar-refractivity contribution in [2.24, 2.45) is 5.11 Å². The summed E-state index contributed by atoms with van der Waals surface area (Å²) in [6.45, 7) is 0.433. The van der Waals surface area contributed by atoms with Gasteiger partial charge in [0.2, 0.25) is 5.91 Å². The molecule has 0 aromatic heterocycles. The molecule has 86 valence electrons. The first-order valence-corrected chi connectivity index (χ1v) is 5.23. The summed E-state index contributed by atoms with van der Waals surface area (Å²) < 4.78 is 0. The molecule has 6 nitrogen and oxygen atoms in total. The summed E-state index contributed by atoms with van der Waals surface area (Å²) in [5.74, 6) is -0.568. The van der Waals surface area contributed by atoms with Gasteiger partial charge in [0.1, 0.15) is 0 Å². The average molecular weight is 230 g/mol. The normalized spacial score (nSPS) is 14.6. The van der Waals surface area contributed by atoms with Crippen LogP contribution in [0.4, 0.5) is 5.69 Å². The van der Waals surface area contributed by atoms with Gasteiger partial charge < -0.3 is 0 Å². The van der Waals surface area contributed by atoms with Crippen molar-refractivity contribution in [1.29, 1.82) is 0 Å². The Morgan fingerprint density at radius 1 is 1.41 bits per heavy atom. The lowest BCUT2D eigenvalue weighted by atomic mass is 10.1. The van der Waals surface area contributed by atoms with E-state index >= 15 is 0 Å². The molecule has 1 aromatic rings. The molecule has 0 aliphatic carbocycles. The van der Waals surface area contributed by atoms with Crippen molar-refractivity contribution in [2.45, 2.75) is 12.8 Å². The van der Waals surface area contributed by atoms with E-state index in [0.717, 1.165) is 0 Å². The van der Waals surface area contributed by atoms with Crippen LogP contribution in [0.3, 0.4) is 0 Å². The summed E-state index contributed by atoms with van der Waals surface area (Å²) in [5.41, 5.74) is 8.92. The molecule has 0 atom stereocenters. The molecule has 1 heterocycles. The van der Waals surface area contributed by atoms with Gasteiger partial charge in [-0.05, 0) is 18.0 Å². The summed E-state index contributed by atoms with van der Waals surface area (Å²) in [5, 5.41) is 3.45. The minimum Gasteiger partial charge on any atom is -0.278 e. The van der Waals surface area contributed by atoms with Crippen LogP contribution in [-0.2, 0) is 4.79 Å². The summed E-state index contributed by atoms with van der Waals surface area (Å²) in [6.07, 6.45) is 1.09. The van der Waals surface area contributed by atoms with E-state index in [4.69, 9.17) is 5.53 Å². The van der Waals surface area contributed by atoms with Gasteiger partial charge in [-0.25, -0.2) is 0 Å². The first kappa shape index (κ1) is 11.2. The quantitative estimate of drug-likeness (QED) is 0.338. The van der Waals surface area contributed by atoms with Crippen LogP contribution in [0.15, 0.2) is 29.4 Å². The van der Waals surface area contributed by atoms with Crippen LogP contribution >= 0.6 is 0 Å². The Balaban J connectivity index is 2.36. The Morgan fingerprint density at radius 3 is 2.82 bits per heavy atom. The summed E-state index contributed by atoms with van der Waals surface area (Å²) in [7, 11) is 0. The van der Waals surface area contributed by atoms with Gasteiger partial charge in [0.25, 0.3) is 5.91 Å². The zero-order valence-electron chi connectivity index (χ0n) is 9.04. The zero-order valence-corrected chi connectivity index (χ0v) is 9.04. The molecule has 1 aliphatic heterocycles. The lowest BCUT2D eigenvalue weighted by Crippen LogP contribution is -2.31. The number of benzene rings is 1. The third-order valence-electron chi connectivity index (χ3n) is 2.61. The van der Waals surface area contributed by atoms with Crippen LogP contribution in [0.1, 0.15) is 23.2 Å². The Kier molecular flexibility index (Phi) is 3.07. The van der Waals surface area contributed by atoms with Gasteiger partial charge in [-0.2, -0.15) is 0 Å². The maximum atomic E-state index is 12.1. The minimum atomic E-state index is -0.393. The molecule has 2 amide bonds. The maximum absolute atomic E-state index is 12.1. The number of rotatable bonds is 2. The lowest BCUT2D eigenvalue weighted by molar-refractivity contribution is -0.125. The fraction of sp³-hybridized carbons (Fsp3) is 0.273. The van der Waals surface area contributed by atoms with Crippen molar-refractivity contribution in [3.63, 3.8) is 0 Å². The molecule has 0 radical (unpaired) electrons. The second kappa shape index (κ2) is 4.67. The second-order valence-electron chi connectivity index (χ2n) is 3.66. The van der Waals surface area contributed by atoms with Crippen molar-refractivity contribution in [3.8, 4) is 0 Å². The molecule has 0 saturated carbocycles. The predicted octanol–water partition coefficient (Wildman–Crippen LogP) is 2.39. The largest absolute Gasteiger partial charge is 0.278 e. The highest BCUT2D eigenvalue weighted by atomic mass is 16.2. The Morgan fingerprint density at radius 2 is 2.18 bits per heavy atom. The van der Waals surface area contributed by atoms with Crippen molar-refractivity contribution < 1.29 is 9.59 Å². The van der Waals surface area contributed by atoms with Gasteiger partial charge >= 0.3 is 0 Å². The minimum absolute atomic E-state index is 0.175. The highest BCUT2D eigenvalue weighted by Gasteiger charge is 2.28. The Labute approximate surface area is 97.5 Å². The number of nitrogens with zero attached hydrogens (tertiary/aromatic N) is 4. The fourth-order valence-electron chi connectivity index (χ4n) is 1.80. The molecular weight excluding hydrogens is 220 g/mol. The zero-order chi connectivity index (χ0) is 12.3. The van der Waals surface area contributed by atoms with Crippen LogP contribution in [0, 0.1) is 0 Å². The van der Waals surface area contributed by atoms with E-state index in [1.807, 2.05) is 0 Å². The molecule has 0 bridgehead atoms. The van der Waals surface area contributed by atoms with Gasteiger partial charge in [-0.15, -0.1) is 0 Å². The van der Waals surface area contributed by atoms with E-state index in [9.17, 15) is 9.59 Å². The molecule has 1 aromatic carbocycles. The molecule has 1 fully saturated rings. The average Bonchev–Trinajstić information content (AvgIpc) is 2.76. The molecule has 0 unspecified atom stereocenters. The van der Waals surface area contributed by atoms with E-state index in [1.54, 1.807) is 24.3 Å². The molecule has 6 heteroatoms. The third-order valence-corrected chi connectivity index (χ3v) is 2.61. The van der Waals surface area contributed by atoms with Gasteiger partial charge in [-0.1, -0.05) is 23.3 Å². The van der Waals surface area contributed by atoms with Gasteiger partial charge in [0.15, 0.2) is 0 Å². The fourth-order valence-corrected chi connectivity index (χ4v) is 1.80. The number of likely N-dealkylation sites (tertiary alicyclic amines) is 1. The van der Waals surface area contributed by atoms with Crippen LogP contribution < -0.4 is 0 Å². The number of azide groups is 1. The second-order valence-corrected chi connectivity index (χ2v) is 3.66. The standard InChI is InChI=1S/C11H10N4O2/c12-14-13-9-5-2-1-4-8(9)11(17)15-7-3-6-10(15)16/h1-2,4-5H,3,6-7H2. The molecule has 0 N–H and O–H groups in total. The van der Waals surface area contributed by atoms with Crippen LogP contribution in [0.5, 0.6) is 0 Å². The summed E-state index contributed by atoms with van der Waals surface area (Å²) >= 11 is 0. The highest BCUT2D eigenvalue weighted by molar-refractivity contribution is 6.08. The first-order valence-electron chi connectivity index (χ1n) is 5.23. The highest BCUT2D eigenvalue weighted by Crippen LogP contribution is 2.22. The molecular formula is C11H10N4O2. The maximum Gasteiger partial charge on any atom is 0.260 e. The number of hydrogen-bond donors (Lipinski definition) is 0. The van der Waals surface area contributed by atoms with Crippen LogP contribution in [-0.4, -0.2) is 23.3 Å². The Hall–Kier alpha value is -2.33. The Bertz CT molecular complexity index is 520. The number of amides is 2. The molecule has 2 rings (SSSR count). The number of imide groups is 1. The van der Waals surface area contributed by atoms with E-state index < -0.39 is 5.91 Å². The lowest BCUT2D eigenvalue weighted by Gasteiger charge is -2.14. The van der Waals surface area contributed by atoms with Gasteiger partial charge in [0.05, 0.1) is 5.69 Å². The SMILES string of the molecule is [N-]=[N+]=Nc1ccccc1C(=O)N1CCCC1=O.